The van der Waals surface area contributed by atoms with Gasteiger partial charge in [0.25, 0.3) is 0 Å². The van der Waals surface area contributed by atoms with Gasteiger partial charge in [-0.15, -0.1) is 0 Å². The van der Waals surface area contributed by atoms with Gasteiger partial charge in [0.05, 0.1) is 7.11 Å². The van der Waals surface area contributed by atoms with E-state index < -0.39 is 0 Å². The second kappa shape index (κ2) is 7.34. The van der Waals surface area contributed by atoms with Crippen molar-refractivity contribution in [2.45, 2.75) is 19.6 Å². The van der Waals surface area contributed by atoms with Crippen LogP contribution in [0.1, 0.15) is 24.1 Å². The number of ether oxygens (including phenoxy) is 2. The van der Waals surface area contributed by atoms with E-state index in [1.54, 1.807) is 7.11 Å². The fourth-order valence-electron chi connectivity index (χ4n) is 2.03. The Bertz CT molecular complexity index is 601. The van der Waals surface area contributed by atoms with Crippen LogP contribution in [-0.2, 0) is 6.61 Å². The molecular formula is C17H20ClNO2. The Hall–Kier alpha value is -1.71. The van der Waals surface area contributed by atoms with E-state index in [1.807, 2.05) is 49.5 Å². The second-order valence-electron chi connectivity index (χ2n) is 4.84. The van der Waals surface area contributed by atoms with Crippen molar-refractivity contribution in [3.05, 3.63) is 58.6 Å². The van der Waals surface area contributed by atoms with Crippen molar-refractivity contribution >= 4 is 11.6 Å². The lowest BCUT2D eigenvalue weighted by Crippen LogP contribution is -2.12. The smallest absolute Gasteiger partial charge is 0.161 e. The molecule has 4 heteroatoms. The van der Waals surface area contributed by atoms with Gasteiger partial charge in [0.1, 0.15) is 6.61 Å². The van der Waals surface area contributed by atoms with Gasteiger partial charge in [0.15, 0.2) is 11.5 Å². The maximum Gasteiger partial charge on any atom is 0.161 e. The molecule has 1 unspecified atom stereocenters. The van der Waals surface area contributed by atoms with Crippen molar-refractivity contribution in [1.29, 1.82) is 0 Å². The van der Waals surface area contributed by atoms with Crippen molar-refractivity contribution in [2.24, 2.45) is 0 Å². The van der Waals surface area contributed by atoms with Crippen LogP contribution in [0.4, 0.5) is 0 Å². The number of benzene rings is 2. The Morgan fingerprint density at radius 3 is 2.62 bits per heavy atom. The van der Waals surface area contributed by atoms with E-state index in [9.17, 15) is 0 Å². The van der Waals surface area contributed by atoms with Gasteiger partial charge in [0, 0.05) is 11.1 Å². The van der Waals surface area contributed by atoms with Crippen LogP contribution in [0.15, 0.2) is 42.5 Å². The van der Waals surface area contributed by atoms with Crippen LogP contribution < -0.4 is 14.8 Å². The minimum atomic E-state index is 0.265. The first-order valence-electron chi connectivity index (χ1n) is 6.86. The van der Waals surface area contributed by atoms with Crippen LogP contribution in [0, 0.1) is 0 Å². The molecule has 0 fully saturated rings. The number of halogens is 1. The largest absolute Gasteiger partial charge is 0.493 e. The third kappa shape index (κ3) is 4.13. The fraction of sp³-hybridized carbons (Fsp3) is 0.294. The van der Waals surface area contributed by atoms with Crippen LogP contribution in [0.3, 0.4) is 0 Å². The third-order valence-electron chi connectivity index (χ3n) is 3.40. The molecule has 2 rings (SSSR count). The normalized spacial score (nSPS) is 12.0. The summed E-state index contributed by atoms with van der Waals surface area (Å²) in [7, 11) is 3.58. The summed E-state index contributed by atoms with van der Waals surface area (Å²) in [5.41, 5.74) is 2.18. The molecule has 0 aliphatic carbocycles. The van der Waals surface area contributed by atoms with Crippen molar-refractivity contribution in [3.8, 4) is 11.5 Å². The molecule has 2 aromatic rings. The topological polar surface area (TPSA) is 30.5 Å². The molecule has 0 aliphatic heterocycles. The summed E-state index contributed by atoms with van der Waals surface area (Å²) in [5.74, 6) is 1.46. The van der Waals surface area contributed by atoms with Crippen LogP contribution in [-0.4, -0.2) is 14.2 Å². The lowest BCUT2D eigenvalue weighted by molar-refractivity contribution is 0.284. The maximum absolute atomic E-state index is 5.97. The average Bonchev–Trinajstić information content (AvgIpc) is 2.52. The van der Waals surface area contributed by atoms with Crippen LogP contribution in [0.25, 0.3) is 0 Å². The molecule has 0 saturated heterocycles. The summed E-state index contributed by atoms with van der Waals surface area (Å²) in [4.78, 5) is 0. The van der Waals surface area contributed by atoms with Crippen LogP contribution in [0.5, 0.6) is 11.5 Å². The Balaban J connectivity index is 2.12. The summed E-state index contributed by atoms with van der Waals surface area (Å²) in [5, 5.41) is 3.91. The highest BCUT2D eigenvalue weighted by molar-refractivity contribution is 6.30. The summed E-state index contributed by atoms with van der Waals surface area (Å²) < 4.78 is 11.2. The van der Waals surface area contributed by atoms with E-state index in [0.717, 1.165) is 22.6 Å². The molecule has 0 heterocycles. The van der Waals surface area contributed by atoms with Gasteiger partial charge >= 0.3 is 0 Å². The number of hydrogen-bond acceptors (Lipinski definition) is 3. The molecule has 3 nitrogen and oxygen atoms in total. The maximum atomic E-state index is 5.97. The molecule has 0 spiro atoms. The summed E-state index contributed by atoms with van der Waals surface area (Å²) in [6, 6.07) is 13.9. The van der Waals surface area contributed by atoms with E-state index in [-0.39, 0.29) is 6.04 Å². The Labute approximate surface area is 130 Å². The Kier molecular flexibility index (Phi) is 5.48. The van der Waals surface area contributed by atoms with Gasteiger partial charge in [-0.05, 0) is 49.4 Å². The average molecular weight is 306 g/mol. The first kappa shape index (κ1) is 15.7. The van der Waals surface area contributed by atoms with Crippen molar-refractivity contribution < 1.29 is 9.47 Å². The second-order valence-corrected chi connectivity index (χ2v) is 5.28. The number of rotatable bonds is 6. The monoisotopic (exact) mass is 305 g/mol. The summed E-state index contributed by atoms with van der Waals surface area (Å²) in [6.07, 6.45) is 0. The van der Waals surface area contributed by atoms with Gasteiger partial charge in [-0.25, -0.2) is 0 Å². The lowest BCUT2D eigenvalue weighted by atomic mass is 10.1. The zero-order chi connectivity index (χ0) is 15.2. The first-order chi connectivity index (χ1) is 10.1. The quantitative estimate of drug-likeness (QED) is 0.867. The van der Waals surface area contributed by atoms with Gasteiger partial charge < -0.3 is 14.8 Å². The van der Waals surface area contributed by atoms with Gasteiger partial charge in [-0.3, -0.25) is 0 Å². The van der Waals surface area contributed by atoms with Crippen LogP contribution in [0.2, 0.25) is 5.02 Å². The molecule has 1 N–H and O–H groups in total. The minimum Gasteiger partial charge on any atom is -0.493 e. The summed E-state index contributed by atoms with van der Waals surface area (Å²) in [6.45, 7) is 2.55. The third-order valence-corrected chi connectivity index (χ3v) is 3.64. The number of hydrogen-bond donors (Lipinski definition) is 1. The predicted molar refractivity (Wildman–Crippen MR) is 86.3 cm³/mol. The molecule has 0 bridgehead atoms. The van der Waals surface area contributed by atoms with E-state index in [0.29, 0.717) is 11.6 Å². The van der Waals surface area contributed by atoms with E-state index in [2.05, 4.69) is 12.2 Å². The highest BCUT2D eigenvalue weighted by Gasteiger charge is 2.09. The zero-order valence-electron chi connectivity index (χ0n) is 12.5. The predicted octanol–water partition coefficient (Wildman–Crippen LogP) is 4.21. The lowest BCUT2D eigenvalue weighted by Gasteiger charge is -2.15. The minimum absolute atomic E-state index is 0.265. The molecular weight excluding hydrogens is 286 g/mol. The van der Waals surface area contributed by atoms with Gasteiger partial charge in [0.2, 0.25) is 0 Å². The van der Waals surface area contributed by atoms with Crippen molar-refractivity contribution in [3.63, 3.8) is 0 Å². The SMILES string of the molecule is CNC(C)c1ccc(OCc2cccc(Cl)c2)c(OC)c1. The Morgan fingerprint density at radius 2 is 1.95 bits per heavy atom. The molecule has 0 aliphatic rings. The molecule has 2 aromatic carbocycles. The van der Waals surface area contributed by atoms with Crippen LogP contribution >= 0.6 is 11.6 Å². The molecule has 1 atom stereocenters. The van der Waals surface area contributed by atoms with Crippen molar-refractivity contribution in [1.82, 2.24) is 5.32 Å². The standard InChI is InChI=1S/C17H20ClNO2/c1-12(19-2)14-7-8-16(17(10-14)20-3)21-11-13-5-4-6-15(18)9-13/h4-10,12,19H,11H2,1-3H3. The zero-order valence-corrected chi connectivity index (χ0v) is 13.3. The molecule has 0 radical (unpaired) electrons. The van der Waals surface area contributed by atoms with Gasteiger partial charge in [-0.2, -0.15) is 0 Å². The Morgan fingerprint density at radius 1 is 1.14 bits per heavy atom. The molecule has 21 heavy (non-hydrogen) atoms. The summed E-state index contributed by atoms with van der Waals surface area (Å²) >= 11 is 5.97. The highest BCUT2D eigenvalue weighted by atomic mass is 35.5. The number of methoxy groups -OCH3 is 1. The molecule has 112 valence electrons. The van der Waals surface area contributed by atoms with Gasteiger partial charge in [-0.1, -0.05) is 29.8 Å². The molecule has 0 saturated carbocycles. The highest BCUT2D eigenvalue weighted by Crippen LogP contribution is 2.31. The van der Waals surface area contributed by atoms with E-state index in [4.69, 9.17) is 21.1 Å². The van der Waals surface area contributed by atoms with E-state index in [1.165, 1.54) is 0 Å². The number of nitrogens with one attached hydrogen (secondary N) is 1. The molecule has 0 aromatic heterocycles. The molecule has 0 amide bonds. The fourth-order valence-corrected chi connectivity index (χ4v) is 2.24. The first-order valence-corrected chi connectivity index (χ1v) is 7.24. The van der Waals surface area contributed by atoms with E-state index >= 15 is 0 Å². The van der Waals surface area contributed by atoms with Crippen molar-refractivity contribution in [2.75, 3.05) is 14.2 Å².